The Morgan fingerprint density at radius 1 is 1.03 bits per heavy atom. The SMILES string of the molecule is COc1ccc(S(=O)(=O)N(CC(=O)Nc2ccc(Br)cc2)Cc2ccccc2)cc1C. The highest BCUT2D eigenvalue weighted by molar-refractivity contribution is 9.10. The van der Waals surface area contributed by atoms with Gasteiger partial charge in [-0.05, 0) is 60.5 Å². The predicted octanol–water partition coefficient (Wildman–Crippen LogP) is 4.60. The number of carbonyl (C=O) groups excluding carboxylic acids is 1. The lowest BCUT2D eigenvalue weighted by atomic mass is 10.2. The van der Waals surface area contributed by atoms with E-state index in [-0.39, 0.29) is 18.0 Å². The van der Waals surface area contributed by atoms with E-state index >= 15 is 0 Å². The van der Waals surface area contributed by atoms with Crippen LogP contribution in [0.25, 0.3) is 0 Å². The minimum absolute atomic E-state index is 0.0714. The molecule has 3 rings (SSSR count). The van der Waals surface area contributed by atoms with Gasteiger partial charge in [0, 0.05) is 16.7 Å². The maximum atomic E-state index is 13.4. The van der Waals surface area contributed by atoms with Crippen LogP contribution < -0.4 is 10.1 Å². The van der Waals surface area contributed by atoms with E-state index in [4.69, 9.17) is 4.74 Å². The van der Waals surface area contributed by atoms with Crippen molar-refractivity contribution in [1.82, 2.24) is 4.31 Å². The number of methoxy groups -OCH3 is 1. The molecule has 31 heavy (non-hydrogen) atoms. The van der Waals surface area contributed by atoms with E-state index in [0.717, 1.165) is 10.0 Å². The molecule has 0 aliphatic heterocycles. The fourth-order valence-electron chi connectivity index (χ4n) is 3.07. The van der Waals surface area contributed by atoms with Crippen LogP contribution in [0.3, 0.4) is 0 Å². The number of sulfonamides is 1. The minimum atomic E-state index is -3.93. The summed E-state index contributed by atoms with van der Waals surface area (Å²) < 4.78 is 34.1. The summed E-state index contributed by atoms with van der Waals surface area (Å²) in [4.78, 5) is 12.8. The van der Waals surface area contributed by atoms with Crippen LogP contribution in [0.4, 0.5) is 5.69 Å². The van der Waals surface area contributed by atoms with Gasteiger partial charge in [0.15, 0.2) is 0 Å². The van der Waals surface area contributed by atoms with E-state index in [1.54, 1.807) is 43.3 Å². The van der Waals surface area contributed by atoms with E-state index in [2.05, 4.69) is 21.2 Å². The molecule has 0 atom stereocenters. The van der Waals surface area contributed by atoms with Crippen LogP contribution in [0.1, 0.15) is 11.1 Å². The zero-order chi connectivity index (χ0) is 22.4. The Bertz CT molecular complexity index is 1150. The van der Waals surface area contributed by atoms with E-state index in [1.165, 1.54) is 17.5 Å². The topological polar surface area (TPSA) is 75.7 Å². The maximum Gasteiger partial charge on any atom is 0.243 e. The van der Waals surface area contributed by atoms with Crippen molar-refractivity contribution in [1.29, 1.82) is 0 Å². The van der Waals surface area contributed by atoms with Crippen molar-refractivity contribution in [3.63, 3.8) is 0 Å². The van der Waals surface area contributed by atoms with Crippen LogP contribution in [0, 0.1) is 6.92 Å². The summed E-state index contributed by atoms with van der Waals surface area (Å²) in [6.45, 7) is 1.53. The molecular weight excluding hydrogens is 480 g/mol. The Morgan fingerprint density at radius 2 is 1.71 bits per heavy atom. The molecule has 1 N–H and O–H groups in total. The van der Waals surface area contributed by atoms with Gasteiger partial charge in [-0.1, -0.05) is 46.3 Å². The number of nitrogens with one attached hydrogen (secondary N) is 1. The summed E-state index contributed by atoms with van der Waals surface area (Å²) in [5.41, 5.74) is 2.07. The van der Waals surface area contributed by atoms with Gasteiger partial charge in [-0.3, -0.25) is 4.79 Å². The van der Waals surface area contributed by atoms with Crippen LogP contribution in [-0.4, -0.2) is 32.3 Å². The quantitative estimate of drug-likeness (QED) is 0.488. The second-order valence-corrected chi connectivity index (χ2v) is 9.80. The van der Waals surface area contributed by atoms with Crippen molar-refractivity contribution in [2.75, 3.05) is 19.0 Å². The number of benzene rings is 3. The van der Waals surface area contributed by atoms with E-state index in [1.807, 2.05) is 30.3 Å². The maximum absolute atomic E-state index is 13.4. The van der Waals surface area contributed by atoms with E-state index < -0.39 is 15.9 Å². The van der Waals surface area contributed by atoms with Crippen LogP contribution in [-0.2, 0) is 21.4 Å². The van der Waals surface area contributed by atoms with Gasteiger partial charge in [-0.25, -0.2) is 8.42 Å². The molecule has 0 radical (unpaired) electrons. The molecule has 0 saturated heterocycles. The van der Waals surface area contributed by atoms with Crippen LogP contribution in [0.2, 0.25) is 0 Å². The Morgan fingerprint density at radius 3 is 2.32 bits per heavy atom. The molecule has 3 aromatic rings. The van der Waals surface area contributed by atoms with Gasteiger partial charge in [0.25, 0.3) is 0 Å². The molecule has 0 saturated carbocycles. The third-order valence-electron chi connectivity index (χ3n) is 4.65. The average Bonchev–Trinajstić information content (AvgIpc) is 2.75. The van der Waals surface area contributed by atoms with Gasteiger partial charge in [0.1, 0.15) is 5.75 Å². The highest BCUT2D eigenvalue weighted by Gasteiger charge is 2.27. The number of anilines is 1. The van der Waals surface area contributed by atoms with Crippen molar-refractivity contribution in [3.05, 3.63) is 88.4 Å². The van der Waals surface area contributed by atoms with Gasteiger partial charge in [0.05, 0.1) is 18.6 Å². The first-order chi connectivity index (χ1) is 14.8. The number of amides is 1. The fourth-order valence-corrected chi connectivity index (χ4v) is 4.80. The molecule has 162 valence electrons. The number of hydrogen-bond acceptors (Lipinski definition) is 4. The molecular formula is C23H23BrN2O4S. The average molecular weight is 503 g/mol. The Balaban J connectivity index is 1.88. The highest BCUT2D eigenvalue weighted by Crippen LogP contribution is 2.25. The standard InChI is InChI=1S/C23H23BrN2O4S/c1-17-14-21(12-13-22(17)30-2)31(28,29)26(15-18-6-4-3-5-7-18)16-23(27)25-20-10-8-19(24)9-11-20/h3-14H,15-16H2,1-2H3,(H,25,27). The molecule has 0 aliphatic carbocycles. The largest absolute Gasteiger partial charge is 0.496 e. The first-order valence-corrected chi connectivity index (χ1v) is 11.8. The minimum Gasteiger partial charge on any atom is -0.496 e. The normalized spacial score (nSPS) is 11.4. The number of rotatable bonds is 8. The number of hydrogen-bond donors (Lipinski definition) is 1. The second-order valence-electron chi connectivity index (χ2n) is 6.95. The molecule has 0 aromatic heterocycles. The molecule has 1 amide bonds. The van der Waals surface area contributed by atoms with Crippen molar-refractivity contribution in [3.8, 4) is 5.75 Å². The molecule has 0 spiro atoms. The first-order valence-electron chi connectivity index (χ1n) is 9.54. The van der Waals surface area contributed by atoms with Gasteiger partial charge in [-0.2, -0.15) is 4.31 Å². The van der Waals surface area contributed by atoms with Crippen molar-refractivity contribution >= 4 is 37.5 Å². The second kappa shape index (κ2) is 10.1. The highest BCUT2D eigenvalue weighted by atomic mass is 79.9. The monoisotopic (exact) mass is 502 g/mol. The summed E-state index contributed by atoms with van der Waals surface area (Å²) in [5, 5.41) is 2.75. The molecule has 0 unspecified atom stereocenters. The summed E-state index contributed by atoms with van der Waals surface area (Å²) >= 11 is 3.35. The summed E-state index contributed by atoms with van der Waals surface area (Å²) in [6, 6.07) is 20.9. The molecule has 0 aliphatic rings. The van der Waals surface area contributed by atoms with Gasteiger partial charge in [-0.15, -0.1) is 0 Å². The lowest BCUT2D eigenvalue weighted by Crippen LogP contribution is -2.37. The molecule has 0 bridgehead atoms. The molecule has 0 fully saturated rings. The van der Waals surface area contributed by atoms with Crippen molar-refractivity contribution < 1.29 is 17.9 Å². The smallest absolute Gasteiger partial charge is 0.243 e. The number of carbonyl (C=O) groups is 1. The Kier molecular flexibility index (Phi) is 7.48. The zero-order valence-electron chi connectivity index (χ0n) is 17.2. The fraction of sp³-hybridized carbons (Fsp3) is 0.174. The number of nitrogens with zero attached hydrogens (tertiary/aromatic N) is 1. The first kappa shape index (κ1) is 23.0. The number of halogens is 1. The van der Waals surface area contributed by atoms with Gasteiger partial charge in [0.2, 0.25) is 15.9 Å². The van der Waals surface area contributed by atoms with Crippen LogP contribution >= 0.6 is 15.9 Å². The Hall–Kier alpha value is -2.68. The summed E-state index contributed by atoms with van der Waals surface area (Å²) in [5.74, 6) is 0.175. The molecule has 0 heterocycles. The van der Waals surface area contributed by atoms with Crippen LogP contribution in [0.5, 0.6) is 5.75 Å². The van der Waals surface area contributed by atoms with E-state index in [0.29, 0.717) is 17.0 Å². The van der Waals surface area contributed by atoms with Gasteiger partial charge >= 0.3 is 0 Å². The Labute approximate surface area is 191 Å². The van der Waals surface area contributed by atoms with Gasteiger partial charge < -0.3 is 10.1 Å². The molecule has 3 aromatic carbocycles. The predicted molar refractivity (Wildman–Crippen MR) is 125 cm³/mol. The third kappa shape index (κ3) is 5.94. The van der Waals surface area contributed by atoms with Crippen molar-refractivity contribution in [2.45, 2.75) is 18.4 Å². The van der Waals surface area contributed by atoms with Crippen molar-refractivity contribution in [2.24, 2.45) is 0 Å². The van der Waals surface area contributed by atoms with Crippen LogP contribution in [0.15, 0.2) is 82.2 Å². The molecule has 8 heteroatoms. The summed E-state index contributed by atoms with van der Waals surface area (Å²) in [7, 11) is -2.40. The molecule has 6 nitrogen and oxygen atoms in total. The van der Waals surface area contributed by atoms with E-state index in [9.17, 15) is 13.2 Å². The lowest BCUT2D eigenvalue weighted by molar-refractivity contribution is -0.116. The summed E-state index contributed by atoms with van der Waals surface area (Å²) in [6.07, 6.45) is 0. The lowest BCUT2D eigenvalue weighted by Gasteiger charge is -2.22. The number of ether oxygens (including phenoxy) is 1. The third-order valence-corrected chi connectivity index (χ3v) is 6.97. The zero-order valence-corrected chi connectivity index (χ0v) is 19.6. The number of aryl methyl sites for hydroxylation is 1.